The lowest BCUT2D eigenvalue weighted by atomic mass is 10.0. The van der Waals surface area contributed by atoms with Crippen LogP contribution in [0.25, 0.3) is 0 Å². The van der Waals surface area contributed by atoms with Crippen LogP contribution in [0.15, 0.2) is 36.4 Å². The molecule has 0 unspecified atom stereocenters. The van der Waals surface area contributed by atoms with Gasteiger partial charge >= 0.3 is 0 Å². The van der Waals surface area contributed by atoms with E-state index in [0.29, 0.717) is 5.56 Å². The van der Waals surface area contributed by atoms with Crippen molar-refractivity contribution in [3.05, 3.63) is 58.7 Å². The van der Waals surface area contributed by atoms with Crippen molar-refractivity contribution in [1.29, 1.82) is 0 Å². The number of aliphatic hydroxyl groups excluding tert-OH is 1. The summed E-state index contributed by atoms with van der Waals surface area (Å²) in [5.74, 6) is -0.0873. The average Bonchev–Trinajstić information content (AvgIpc) is 2.59. The Balaban J connectivity index is 1.71. The van der Waals surface area contributed by atoms with Gasteiger partial charge < -0.3 is 15.3 Å². The van der Waals surface area contributed by atoms with Crippen LogP contribution in [0, 0.1) is 20.8 Å². The largest absolute Gasteiger partial charge is 0.393 e. The smallest absolute Gasteiger partial charge is 0.255 e. The lowest BCUT2D eigenvalue weighted by molar-refractivity contribution is 0.102. The second kappa shape index (κ2) is 7.28. The number of anilines is 2. The standard InChI is InChI=1S/C21H26N2O2/c1-14-12-15(2)20(16(3)13-14)22-21(25)17-4-6-18(7-5-17)23-10-8-19(24)9-11-23/h4-7,12-13,19,24H,8-11H2,1-3H3,(H,22,25). The van der Waals surface area contributed by atoms with Gasteiger partial charge in [0.1, 0.15) is 0 Å². The monoisotopic (exact) mass is 338 g/mol. The number of nitrogens with zero attached hydrogens (tertiary/aromatic N) is 1. The Morgan fingerprint density at radius 1 is 1.04 bits per heavy atom. The van der Waals surface area contributed by atoms with Gasteiger partial charge in [0, 0.05) is 30.0 Å². The highest BCUT2D eigenvalue weighted by molar-refractivity contribution is 6.05. The first kappa shape index (κ1) is 17.5. The highest BCUT2D eigenvalue weighted by Crippen LogP contribution is 2.24. The minimum absolute atomic E-state index is 0.0873. The van der Waals surface area contributed by atoms with E-state index >= 15 is 0 Å². The Hall–Kier alpha value is -2.33. The predicted octanol–water partition coefficient (Wildman–Crippen LogP) is 3.83. The van der Waals surface area contributed by atoms with Gasteiger partial charge in [-0.3, -0.25) is 4.79 Å². The van der Waals surface area contributed by atoms with Crippen molar-refractivity contribution in [3.8, 4) is 0 Å². The zero-order chi connectivity index (χ0) is 18.0. The van der Waals surface area contributed by atoms with Gasteiger partial charge in [-0.15, -0.1) is 0 Å². The van der Waals surface area contributed by atoms with Crippen LogP contribution in [0.1, 0.15) is 39.9 Å². The normalized spacial score (nSPS) is 15.3. The summed E-state index contributed by atoms with van der Waals surface area (Å²) in [5.41, 5.74) is 6.00. The molecule has 4 nitrogen and oxygen atoms in total. The van der Waals surface area contributed by atoms with Gasteiger partial charge in [-0.1, -0.05) is 17.7 Å². The summed E-state index contributed by atoms with van der Waals surface area (Å²) in [6.45, 7) is 7.81. The highest BCUT2D eigenvalue weighted by atomic mass is 16.3. The zero-order valence-corrected chi connectivity index (χ0v) is 15.2. The summed E-state index contributed by atoms with van der Waals surface area (Å²) in [6.07, 6.45) is 1.42. The molecule has 0 aromatic heterocycles. The number of rotatable bonds is 3. The number of carbonyl (C=O) groups is 1. The van der Waals surface area contributed by atoms with Gasteiger partial charge in [0.05, 0.1) is 6.10 Å². The molecule has 132 valence electrons. The quantitative estimate of drug-likeness (QED) is 0.894. The average molecular weight is 338 g/mol. The predicted molar refractivity (Wildman–Crippen MR) is 103 cm³/mol. The fraction of sp³-hybridized carbons (Fsp3) is 0.381. The van der Waals surface area contributed by atoms with Crippen LogP contribution < -0.4 is 10.2 Å². The Labute approximate surface area is 149 Å². The number of hydrogen-bond donors (Lipinski definition) is 2. The number of aliphatic hydroxyl groups is 1. The van der Waals surface area contributed by atoms with Crippen molar-refractivity contribution in [1.82, 2.24) is 0 Å². The van der Waals surface area contributed by atoms with E-state index in [0.717, 1.165) is 48.4 Å². The summed E-state index contributed by atoms with van der Waals surface area (Å²) in [5, 5.41) is 12.7. The molecule has 2 aromatic rings. The lowest BCUT2D eigenvalue weighted by Crippen LogP contribution is -2.35. The summed E-state index contributed by atoms with van der Waals surface area (Å²) < 4.78 is 0. The van der Waals surface area contributed by atoms with Crippen LogP contribution in [0.2, 0.25) is 0 Å². The van der Waals surface area contributed by atoms with Gasteiger partial charge in [-0.05, 0) is 69.0 Å². The molecule has 0 spiro atoms. The Kier molecular flexibility index (Phi) is 5.09. The Morgan fingerprint density at radius 2 is 1.60 bits per heavy atom. The van der Waals surface area contributed by atoms with Gasteiger partial charge in [0.15, 0.2) is 0 Å². The van der Waals surface area contributed by atoms with E-state index in [2.05, 4.69) is 29.3 Å². The zero-order valence-electron chi connectivity index (χ0n) is 15.2. The third kappa shape index (κ3) is 4.02. The number of amides is 1. The van der Waals surface area contributed by atoms with Crippen LogP contribution in [-0.2, 0) is 0 Å². The second-order valence-corrected chi connectivity index (χ2v) is 6.99. The summed E-state index contributed by atoms with van der Waals surface area (Å²) in [7, 11) is 0. The van der Waals surface area contributed by atoms with E-state index in [1.165, 1.54) is 5.56 Å². The lowest BCUT2D eigenvalue weighted by Gasteiger charge is -2.31. The molecule has 0 aliphatic carbocycles. The number of benzene rings is 2. The Bertz CT molecular complexity index is 737. The first-order chi connectivity index (χ1) is 11.9. The topological polar surface area (TPSA) is 52.6 Å². The van der Waals surface area contributed by atoms with Gasteiger partial charge in [0.25, 0.3) is 5.91 Å². The van der Waals surface area contributed by atoms with E-state index in [1.807, 2.05) is 38.1 Å². The van der Waals surface area contributed by atoms with Crippen LogP contribution in [0.3, 0.4) is 0 Å². The number of aryl methyl sites for hydroxylation is 3. The van der Waals surface area contributed by atoms with E-state index in [4.69, 9.17) is 0 Å². The molecule has 3 rings (SSSR count). The van der Waals surface area contributed by atoms with Crippen molar-refractivity contribution in [2.45, 2.75) is 39.7 Å². The number of piperidine rings is 1. The minimum atomic E-state index is -0.178. The van der Waals surface area contributed by atoms with Crippen LogP contribution in [0.4, 0.5) is 11.4 Å². The number of hydrogen-bond acceptors (Lipinski definition) is 3. The van der Waals surface area contributed by atoms with Gasteiger partial charge in [0.2, 0.25) is 0 Å². The number of nitrogens with one attached hydrogen (secondary N) is 1. The highest BCUT2D eigenvalue weighted by Gasteiger charge is 2.17. The van der Waals surface area contributed by atoms with Crippen LogP contribution in [-0.4, -0.2) is 30.2 Å². The third-order valence-corrected chi connectivity index (χ3v) is 4.87. The molecule has 0 radical (unpaired) electrons. The molecule has 1 aliphatic heterocycles. The summed E-state index contributed by atoms with van der Waals surface area (Å²) in [4.78, 5) is 14.8. The molecular weight excluding hydrogens is 312 g/mol. The molecular formula is C21H26N2O2. The first-order valence-electron chi connectivity index (χ1n) is 8.86. The molecule has 4 heteroatoms. The minimum Gasteiger partial charge on any atom is -0.393 e. The molecule has 1 fully saturated rings. The van der Waals surface area contributed by atoms with Crippen molar-refractivity contribution in [2.24, 2.45) is 0 Å². The van der Waals surface area contributed by atoms with E-state index < -0.39 is 0 Å². The van der Waals surface area contributed by atoms with Crippen LogP contribution >= 0.6 is 0 Å². The first-order valence-corrected chi connectivity index (χ1v) is 8.86. The van der Waals surface area contributed by atoms with Crippen LogP contribution in [0.5, 0.6) is 0 Å². The molecule has 0 saturated carbocycles. The van der Waals surface area contributed by atoms with E-state index in [-0.39, 0.29) is 12.0 Å². The fourth-order valence-electron chi connectivity index (χ4n) is 3.51. The second-order valence-electron chi connectivity index (χ2n) is 6.99. The maximum atomic E-state index is 12.6. The van der Waals surface area contributed by atoms with Crippen molar-refractivity contribution in [2.75, 3.05) is 23.3 Å². The molecule has 2 N–H and O–H groups in total. The third-order valence-electron chi connectivity index (χ3n) is 4.87. The maximum absolute atomic E-state index is 12.6. The molecule has 0 atom stereocenters. The number of carbonyl (C=O) groups excluding carboxylic acids is 1. The van der Waals surface area contributed by atoms with Gasteiger partial charge in [-0.25, -0.2) is 0 Å². The fourth-order valence-corrected chi connectivity index (χ4v) is 3.51. The molecule has 1 saturated heterocycles. The van der Waals surface area contributed by atoms with Crippen molar-refractivity contribution in [3.63, 3.8) is 0 Å². The summed E-state index contributed by atoms with van der Waals surface area (Å²) >= 11 is 0. The molecule has 1 amide bonds. The van der Waals surface area contributed by atoms with Crippen molar-refractivity contribution >= 4 is 17.3 Å². The van der Waals surface area contributed by atoms with Crippen molar-refractivity contribution < 1.29 is 9.90 Å². The molecule has 1 heterocycles. The van der Waals surface area contributed by atoms with Gasteiger partial charge in [-0.2, -0.15) is 0 Å². The Morgan fingerprint density at radius 3 is 2.16 bits per heavy atom. The molecule has 2 aromatic carbocycles. The molecule has 1 aliphatic rings. The maximum Gasteiger partial charge on any atom is 0.255 e. The molecule has 25 heavy (non-hydrogen) atoms. The van der Waals surface area contributed by atoms with E-state index in [9.17, 15) is 9.90 Å². The molecule has 0 bridgehead atoms. The van der Waals surface area contributed by atoms with E-state index in [1.54, 1.807) is 0 Å². The summed E-state index contributed by atoms with van der Waals surface area (Å²) in [6, 6.07) is 11.9. The SMILES string of the molecule is Cc1cc(C)c(NC(=O)c2ccc(N3CCC(O)CC3)cc2)c(C)c1.